The van der Waals surface area contributed by atoms with Gasteiger partial charge in [-0.2, -0.15) is 13.2 Å². The standard InChI is InChI=1S/C11H5Cl2F3N2/c12-8-5-9(17-18-10(8)13)6-2-1-3-7(4-6)11(14,15)16/h1-5H. The molecular weight excluding hydrogens is 288 g/mol. The fourth-order valence-corrected chi connectivity index (χ4v) is 1.58. The number of hydrogen-bond donors (Lipinski definition) is 0. The summed E-state index contributed by atoms with van der Waals surface area (Å²) >= 11 is 11.3. The second-order valence-electron chi connectivity index (χ2n) is 3.45. The van der Waals surface area contributed by atoms with Gasteiger partial charge in [0.25, 0.3) is 0 Å². The van der Waals surface area contributed by atoms with Crippen LogP contribution in [0.3, 0.4) is 0 Å². The summed E-state index contributed by atoms with van der Waals surface area (Å²) in [6.07, 6.45) is -4.40. The molecule has 0 N–H and O–H groups in total. The molecule has 94 valence electrons. The molecule has 0 aliphatic rings. The maximum atomic E-state index is 12.5. The van der Waals surface area contributed by atoms with Crippen LogP contribution in [0.2, 0.25) is 10.2 Å². The van der Waals surface area contributed by atoms with E-state index in [0.717, 1.165) is 12.1 Å². The van der Waals surface area contributed by atoms with Gasteiger partial charge in [-0.25, -0.2) is 0 Å². The van der Waals surface area contributed by atoms with Crippen LogP contribution in [-0.4, -0.2) is 10.2 Å². The molecule has 2 aromatic rings. The number of hydrogen-bond acceptors (Lipinski definition) is 2. The first-order chi connectivity index (χ1) is 8.38. The first-order valence-corrected chi connectivity index (χ1v) is 5.50. The summed E-state index contributed by atoms with van der Waals surface area (Å²) in [5.41, 5.74) is -0.251. The Bertz CT molecular complexity index is 585. The van der Waals surface area contributed by atoms with E-state index in [9.17, 15) is 13.2 Å². The molecule has 0 saturated heterocycles. The molecule has 0 bridgehead atoms. The summed E-state index contributed by atoms with van der Waals surface area (Å²) in [5.74, 6) is 0. The Balaban J connectivity index is 2.48. The van der Waals surface area contributed by atoms with Gasteiger partial charge >= 0.3 is 6.18 Å². The Morgan fingerprint density at radius 3 is 2.33 bits per heavy atom. The van der Waals surface area contributed by atoms with Crippen molar-refractivity contribution in [3.63, 3.8) is 0 Å². The van der Waals surface area contributed by atoms with E-state index in [4.69, 9.17) is 23.2 Å². The monoisotopic (exact) mass is 292 g/mol. The Labute approximate surface area is 110 Å². The molecule has 2 nitrogen and oxygen atoms in total. The van der Waals surface area contributed by atoms with Gasteiger partial charge in [-0.3, -0.25) is 0 Å². The Morgan fingerprint density at radius 2 is 1.72 bits per heavy atom. The van der Waals surface area contributed by atoms with E-state index in [2.05, 4.69) is 10.2 Å². The van der Waals surface area contributed by atoms with Crippen molar-refractivity contribution in [2.75, 3.05) is 0 Å². The molecule has 0 fully saturated rings. The maximum absolute atomic E-state index is 12.5. The minimum absolute atomic E-state index is 0.00685. The molecule has 1 aromatic carbocycles. The fraction of sp³-hybridized carbons (Fsp3) is 0.0909. The maximum Gasteiger partial charge on any atom is 0.416 e. The van der Waals surface area contributed by atoms with Crippen LogP contribution >= 0.6 is 23.2 Å². The van der Waals surface area contributed by atoms with E-state index in [1.54, 1.807) is 0 Å². The summed E-state index contributed by atoms with van der Waals surface area (Å²) < 4.78 is 37.6. The quantitative estimate of drug-likeness (QED) is 0.775. The van der Waals surface area contributed by atoms with Crippen molar-refractivity contribution in [1.29, 1.82) is 0 Å². The lowest BCUT2D eigenvalue weighted by Gasteiger charge is -2.08. The average molecular weight is 293 g/mol. The lowest BCUT2D eigenvalue weighted by Crippen LogP contribution is -2.04. The number of aromatic nitrogens is 2. The average Bonchev–Trinajstić information content (AvgIpc) is 2.32. The molecule has 1 heterocycles. The number of halogens is 5. The zero-order valence-electron chi connectivity index (χ0n) is 8.67. The molecule has 0 aliphatic heterocycles. The van der Waals surface area contributed by atoms with E-state index in [0.29, 0.717) is 0 Å². The van der Waals surface area contributed by atoms with E-state index >= 15 is 0 Å². The topological polar surface area (TPSA) is 25.8 Å². The van der Waals surface area contributed by atoms with Gasteiger partial charge in [-0.1, -0.05) is 35.3 Å². The SMILES string of the molecule is FC(F)(F)c1cccc(-c2cc(Cl)c(Cl)nn2)c1. The number of rotatable bonds is 1. The van der Waals surface area contributed by atoms with Crippen LogP contribution in [0.5, 0.6) is 0 Å². The van der Waals surface area contributed by atoms with Crippen LogP contribution in [0.1, 0.15) is 5.56 Å². The summed E-state index contributed by atoms with van der Waals surface area (Å²) in [6, 6.07) is 6.11. The molecule has 0 unspecified atom stereocenters. The minimum atomic E-state index is -4.40. The highest BCUT2D eigenvalue weighted by Gasteiger charge is 2.30. The van der Waals surface area contributed by atoms with E-state index in [1.807, 2.05) is 0 Å². The van der Waals surface area contributed by atoms with Gasteiger partial charge < -0.3 is 0 Å². The predicted octanol–water partition coefficient (Wildman–Crippen LogP) is 4.47. The van der Waals surface area contributed by atoms with Crippen LogP contribution in [0, 0.1) is 0 Å². The van der Waals surface area contributed by atoms with Crippen molar-refractivity contribution in [2.45, 2.75) is 6.18 Å². The molecular formula is C11H5Cl2F3N2. The Hall–Kier alpha value is -1.33. The van der Waals surface area contributed by atoms with Gasteiger partial charge in [0.05, 0.1) is 16.3 Å². The van der Waals surface area contributed by atoms with Crippen LogP contribution in [-0.2, 0) is 6.18 Å². The minimum Gasteiger partial charge on any atom is -0.166 e. The molecule has 0 radical (unpaired) electrons. The smallest absolute Gasteiger partial charge is 0.166 e. The molecule has 0 saturated carbocycles. The third kappa shape index (κ3) is 2.73. The number of benzene rings is 1. The van der Waals surface area contributed by atoms with Crippen molar-refractivity contribution in [3.05, 3.63) is 46.1 Å². The van der Waals surface area contributed by atoms with Crippen LogP contribution in [0.4, 0.5) is 13.2 Å². The summed E-state index contributed by atoms with van der Waals surface area (Å²) in [5, 5.41) is 7.39. The number of alkyl halides is 3. The van der Waals surface area contributed by atoms with Crippen LogP contribution in [0.25, 0.3) is 11.3 Å². The van der Waals surface area contributed by atoms with E-state index in [1.165, 1.54) is 18.2 Å². The molecule has 0 atom stereocenters. The molecule has 18 heavy (non-hydrogen) atoms. The van der Waals surface area contributed by atoms with Gasteiger partial charge in [0, 0.05) is 5.56 Å². The molecule has 1 aromatic heterocycles. The third-order valence-corrected chi connectivity index (χ3v) is 2.86. The van der Waals surface area contributed by atoms with E-state index < -0.39 is 11.7 Å². The molecule has 2 rings (SSSR count). The summed E-state index contributed by atoms with van der Waals surface area (Å²) in [4.78, 5) is 0. The van der Waals surface area contributed by atoms with Gasteiger partial charge in [-0.05, 0) is 18.2 Å². The van der Waals surface area contributed by atoms with Gasteiger partial charge in [0.15, 0.2) is 5.15 Å². The van der Waals surface area contributed by atoms with Crippen molar-refractivity contribution in [1.82, 2.24) is 10.2 Å². The second-order valence-corrected chi connectivity index (χ2v) is 4.21. The first kappa shape index (κ1) is 13.1. The summed E-state index contributed by atoms with van der Waals surface area (Å²) in [6.45, 7) is 0. The lowest BCUT2D eigenvalue weighted by molar-refractivity contribution is -0.137. The first-order valence-electron chi connectivity index (χ1n) is 4.74. The van der Waals surface area contributed by atoms with Gasteiger partial charge in [0.1, 0.15) is 0 Å². The van der Waals surface area contributed by atoms with Gasteiger partial charge in [0.2, 0.25) is 0 Å². The zero-order valence-corrected chi connectivity index (χ0v) is 10.2. The van der Waals surface area contributed by atoms with Crippen LogP contribution < -0.4 is 0 Å². The lowest BCUT2D eigenvalue weighted by atomic mass is 10.1. The Kier molecular flexibility index (Phi) is 3.45. The number of nitrogens with zero attached hydrogens (tertiary/aromatic N) is 2. The van der Waals surface area contributed by atoms with Crippen molar-refractivity contribution in [3.8, 4) is 11.3 Å². The highest BCUT2D eigenvalue weighted by Crippen LogP contribution is 2.32. The Morgan fingerprint density at radius 1 is 1.00 bits per heavy atom. The fourth-order valence-electron chi connectivity index (χ4n) is 1.35. The van der Waals surface area contributed by atoms with Crippen molar-refractivity contribution < 1.29 is 13.2 Å². The second kappa shape index (κ2) is 4.74. The van der Waals surface area contributed by atoms with E-state index in [-0.39, 0.29) is 21.4 Å². The third-order valence-electron chi connectivity index (χ3n) is 2.19. The molecule has 7 heteroatoms. The molecule has 0 aliphatic carbocycles. The zero-order chi connectivity index (χ0) is 13.3. The predicted molar refractivity (Wildman–Crippen MR) is 62.5 cm³/mol. The van der Waals surface area contributed by atoms with Gasteiger partial charge in [-0.15, -0.1) is 10.2 Å². The largest absolute Gasteiger partial charge is 0.416 e. The van der Waals surface area contributed by atoms with Crippen LogP contribution in [0.15, 0.2) is 30.3 Å². The normalized spacial score (nSPS) is 11.6. The highest BCUT2D eigenvalue weighted by atomic mass is 35.5. The van der Waals surface area contributed by atoms with Crippen molar-refractivity contribution in [2.24, 2.45) is 0 Å². The molecule has 0 spiro atoms. The summed E-state index contributed by atoms with van der Waals surface area (Å²) in [7, 11) is 0. The van der Waals surface area contributed by atoms with Crippen molar-refractivity contribution >= 4 is 23.2 Å². The molecule has 0 amide bonds. The highest BCUT2D eigenvalue weighted by molar-refractivity contribution is 6.41.